The summed E-state index contributed by atoms with van der Waals surface area (Å²) in [6.45, 7) is 8.13. The Kier molecular flexibility index (Phi) is 9.79. The van der Waals surface area contributed by atoms with Gasteiger partial charge in [-0.2, -0.15) is 0 Å². The Morgan fingerprint density at radius 1 is 1.17 bits per heavy atom. The van der Waals surface area contributed by atoms with Crippen LogP contribution in [0, 0.1) is 23.2 Å². The molecule has 1 saturated heterocycles. The Morgan fingerprint density at radius 3 is 2.17 bits per heavy atom. The summed E-state index contributed by atoms with van der Waals surface area (Å²) < 4.78 is 10.5. The Bertz CT molecular complexity index is 568. The third-order valence-electron chi connectivity index (χ3n) is 5.34. The van der Waals surface area contributed by atoms with E-state index in [0.717, 1.165) is 19.3 Å². The molecule has 0 aromatic rings. The molecule has 1 aliphatic rings. The lowest BCUT2D eigenvalue weighted by molar-refractivity contribution is -0.175. The lowest BCUT2D eigenvalue weighted by atomic mass is 9.86. The van der Waals surface area contributed by atoms with Crippen molar-refractivity contribution in [3.8, 4) is 0 Å². The fourth-order valence-corrected chi connectivity index (χ4v) is 3.57. The first kappa shape index (κ1) is 25.6. The average Bonchev–Trinajstić information content (AvgIpc) is 2.99. The van der Waals surface area contributed by atoms with E-state index in [1.54, 1.807) is 0 Å². The predicted molar refractivity (Wildman–Crippen MR) is 109 cm³/mol. The molecule has 3 N–H and O–H groups in total. The molecule has 0 amide bonds. The second kappa shape index (κ2) is 11.1. The van der Waals surface area contributed by atoms with Crippen molar-refractivity contribution in [3.63, 3.8) is 0 Å². The summed E-state index contributed by atoms with van der Waals surface area (Å²) in [6, 6.07) is 0. The summed E-state index contributed by atoms with van der Waals surface area (Å²) in [6.07, 6.45) is 4.94. The smallest absolute Gasteiger partial charge is 0.334 e. The van der Waals surface area contributed by atoms with E-state index in [2.05, 4.69) is 27.7 Å². The quantitative estimate of drug-likeness (QED) is 0.331. The van der Waals surface area contributed by atoms with Gasteiger partial charge in [-0.05, 0) is 43.9 Å². The lowest BCUT2D eigenvalue weighted by Gasteiger charge is -2.28. The molecule has 0 radical (unpaired) electrons. The number of hydrogen-bond acceptors (Lipinski definition) is 7. The van der Waals surface area contributed by atoms with Crippen LogP contribution in [0.15, 0.2) is 11.6 Å². The number of carbonyl (C=O) groups is 2. The van der Waals surface area contributed by atoms with Crippen molar-refractivity contribution in [1.29, 1.82) is 0 Å². The van der Waals surface area contributed by atoms with E-state index in [4.69, 9.17) is 9.47 Å². The number of hydrogen-bond donors (Lipinski definition) is 3. The van der Waals surface area contributed by atoms with Gasteiger partial charge >= 0.3 is 11.9 Å². The molecule has 0 spiro atoms. The van der Waals surface area contributed by atoms with Crippen LogP contribution in [0.4, 0.5) is 0 Å². The van der Waals surface area contributed by atoms with Gasteiger partial charge in [-0.25, -0.2) is 4.79 Å². The highest BCUT2D eigenvalue weighted by Crippen LogP contribution is 2.33. The number of allylic oxidation sites excluding steroid dienone is 1. The van der Waals surface area contributed by atoms with Crippen LogP contribution in [0.1, 0.15) is 60.3 Å². The molecule has 168 valence electrons. The summed E-state index contributed by atoms with van der Waals surface area (Å²) in [5.74, 6) is 0.284. The van der Waals surface area contributed by atoms with Crippen LogP contribution in [0.25, 0.3) is 0 Å². The maximum absolute atomic E-state index is 12.3. The summed E-state index contributed by atoms with van der Waals surface area (Å²) >= 11 is 0. The molecular formula is C22H38O7. The molecule has 29 heavy (non-hydrogen) atoms. The Balaban J connectivity index is 2.81. The average molecular weight is 415 g/mol. The molecule has 7 nitrogen and oxygen atoms in total. The van der Waals surface area contributed by atoms with Crippen molar-refractivity contribution >= 4 is 11.9 Å². The molecule has 7 heteroatoms. The summed E-state index contributed by atoms with van der Waals surface area (Å²) in [7, 11) is 0. The predicted octanol–water partition coefficient (Wildman–Crippen LogP) is 2.22. The minimum absolute atomic E-state index is 0.153. The van der Waals surface area contributed by atoms with Gasteiger partial charge in [-0.3, -0.25) is 4.79 Å². The topological polar surface area (TPSA) is 113 Å². The zero-order valence-electron chi connectivity index (χ0n) is 18.4. The van der Waals surface area contributed by atoms with Crippen molar-refractivity contribution in [2.75, 3.05) is 26.4 Å². The molecule has 0 saturated carbocycles. The van der Waals surface area contributed by atoms with Crippen LogP contribution < -0.4 is 0 Å². The molecule has 1 rings (SSSR count). The highest BCUT2D eigenvalue weighted by Gasteiger charge is 2.45. The van der Waals surface area contributed by atoms with Crippen molar-refractivity contribution in [2.45, 2.75) is 65.9 Å². The fourth-order valence-electron chi connectivity index (χ4n) is 3.57. The van der Waals surface area contributed by atoms with Crippen molar-refractivity contribution in [3.05, 3.63) is 11.6 Å². The van der Waals surface area contributed by atoms with Crippen molar-refractivity contribution < 1.29 is 34.4 Å². The fraction of sp³-hybridized carbons (Fsp3) is 0.818. The maximum Gasteiger partial charge on any atom is 0.334 e. The second-order valence-corrected chi connectivity index (χ2v) is 9.45. The largest absolute Gasteiger partial charge is 0.461 e. The normalized spacial score (nSPS) is 21.5. The van der Waals surface area contributed by atoms with E-state index in [1.165, 1.54) is 6.92 Å². The van der Waals surface area contributed by atoms with Gasteiger partial charge in [0.15, 0.2) is 5.60 Å². The van der Waals surface area contributed by atoms with Gasteiger partial charge in [-0.15, -0.1) is 0 Å². The van der Waals surface area contributed by atoms with E-state index >= 15 is 0 Å². The molecular weight excluding hydrogens is 376 g/mol. The number of ether oxygens (including phenoxy) is 2. The van der Waals surface area contributed by atoms with E-state index < -0.39 is 42.8 Å². The molecule has 1 aliphatic heterocycles. The molecule has 0 aliphatic carbocycles. The Labute approximate surface area is 174 Å². The summed E-state index contributed by atoms with van der Waals surface area (Å²) in [4.78, 5) is 24.5. The number of aliphatic hydroxyl groups excluding tert-OH is 3. The first-order valence-corrected chi connectivity index (χ1v) is 10.4. The molecule has 0 bridgehead atoms. The van der Waals surface area contributed by atoms with Crippen LogP contribution in [-0.4, -0.2) is 59.3 Å². The number of esters is 2. The summed E-state index contributed by atoms with van der Waals surface area (Å²) in [5.41, 5.74) is -2.28. The van der Waals surface area contributed by atoms with Gasteiger partial charge in [0.25, 0.3) is 0 Å². The molecule has 1 atom stereocenters. The molecule has 1 unspecified atom stereocenters. The first-order chi connectivity index (χ1) is 13.5. The minimum Gasteiger partial charge on any atom is -0.461 e. The third kappa shape index (κ3) is 7.39. The van der Waals surface area contributed by atoms with Crippen molar-refractivity contribution in [2.24, 2.45) is 23.2 Å². The van der Waals surface area contributed by atoms with E-state index in [0.29, 0.717) is 23.3 Å². The molecule has 1 heterocycles. The third-order valence-corrected chi connectivity index (χ3v) is 5.34. The van der Waals surface area contributed by atoms with Crippen LogP contribution >= 0.6 is 0 Å². The van der Waals surface area contributed by atoms with Gasteiger partial charge in [0.1, 0.15) is 12.0 Å². The van der Waals surface area contributed by atoms with Gasteiger partial charge in [0.2, 0.25) is 0 Å². The van der Waals surface area contributed by atoms with Crippen LogP contribution in [-0.2, 0) is 19.1 Å². The van der Waals surface area contributed by atoms with Gasteiger partial charge in [0, 0.05) is 12.0 Å². The van der Waals surface area contributed by atoms with Crippen LogP contribution in [0.2, 0.25) is 0 Å². The molecule has 0 aromatic heterocycles. The Morgan fingerprint density at radius 2 is 1.72 bits per heavy atom. The SMILES string of the molecule is CC(C)CC(C/C=C1/CC(CO)(COC(=O)C(C)(CO)CO)OC1=O)CC(C)C. The number of cyclic esters (lactones) is 1. The van der Waals surface area contributed by atoms with Gasteiger partial charge in [0.05, 0.1) is 19.8 Å². The molecule has 1 fully saturated rings. The van der Waals surface area contributed by atoms with E-state index in [-0.39, 0.29) is 13.0 Å². The van der Waals surface area contributed by atoms with E-state index in [1.807, 2.05) is 6.08 Å². The number of rotatable bonds is 12. The monoisotopic (exact) mass is 414 g/mol. The molecule has 0 aromatic carbocycles. The van der Waals surface area contributed by atoms with Crippen LogP contribution in [0.3, 0.4) is 0 Å². The van der Waals surface area contributed by atoms with Gasteiger partial charge in [-0.1, -0.05) is 33.8 Å². The lowest BCUT2D eigenvalue weighted by Crippen LogP contribution is -2.43. The first-order valence-electron chi connectivity index (χ1n) is 10.4. The zero-order valence-corrected chi connectivity index (χ0v) is 18.4. The highest BCUT2D eigenvalue weighted by atomic mass is 16.6. The van der Waals surface area contributed by atoms with Crippen LogP contribution in [0.5, 0.6) is 0 Å². The number of carbonyl (C=O) groups excluding carboxylic acids is 2. The standard InChI is InChI=1S/C22H38O7/c1-15(2)8-17(9-16(3)4)6-7-18-10-22(13-25,29-19(18)26)14-28-20(27)21(5,11-23)12-24/h7,15-17,23-25H,6,8-14H2,1-5H3/b18-7-. The summed E-state index contributed by atoms with van der Waals surface area (Å²) in [5, 5.41) is 28.4. The Hall–Kier alpha value is -1.44. The van der Waals surface area contributed by atoms with E-state index in [9.17, 15) is 24.9 Å². The van der Waals surface area contributed by atoms with Gasteiger partial charge < -0.3 is 24.8 Å². The number of aliphatic hydroxyl groups is 3. The maximum atomic E-state index is 12.3. The zero-order chi connectivity index (χ0) is 22.2. The minimum atomic E-state index is -1.45. The second-order valence-electron chi connectivity index (χ2n) is 9.45. The highest BCUT2D eigenvalue weighted by molar-refractivity contribution is 5.91. The van der Waals surface area contributed by atoms with Crippen molar-refractivity contribution in [1.82, 2.24) is 0 Å².